The Balaban J connectivity index is -0.000000482. The normalized spacial score (nSPS) is 14.1. The van der Waals surface area contributed by atoms with Crippen LogP contribution in [-0.4, -0.2) is 76.8 Å². The van der Waals surface area contributed by atoms with Gasteiger partial charge in [-0.1, -0.05) is 21.6 Å². The van der Waals surface area contributed by atoms with E-state index in [4.69, 9.17) is 10.2 Å². The quantitative estimate of drug-likeness (QED) is 0.162. The van der Waals surface area contributed by atoms with Crippen molar-refractivity contribution in [3.05, 3.63) is 0 Å². The van der Waals surface area contributed by atoms with E-state index in [2.05, 4.69) is 0 Å². The molecule has 0 saturated heterocycles. The van der Waals surface area contributed by atoms with E-state index in [-0.39, 0.29) is 76.1 Å². The van der Waals surface area contributed by atoms with Gasteiger partial charge in [-0.05, 0) is 0 Å². The fraction of sp³-hybridized carbons (Fsp3) is 1.00. The molecule has 0 spiro atoms. The molecule has 2 atom stereocenters. The van der Waals surface area contributed by atoms with Gasteiger partial charge in [0.15, 0.2) is 0 Å². The summed E-state index contributed by atoms with van der Waals surface area (Å²) in [6, 6.07) is 0. The number of aliphatic hydroxyl groups is 2. The molecule has 21 heavy (non-hydrogen) atoms. The van der Waals surface area contributed by atoms with E-state index in [0.717, 1.165) is 21.6 Å². The molecule has 0 aliphatic carbocycles. The summed E-state index contributed by atoms with van der Waals surface area (Å²) in [4.78, 5) is 0. The van der Waals surface area contributed by atoms with E-state index in [9.17, 15) is 25.9 Å². The minimum atomic E-state index is -4.49. The first-order chi connectivity index (χ1) is 7.99. The van der Waals surface area contributed by atoms with Crippen LogP contribution in [0.1, 0.15) is 0 Å². The molecular formula is C6H14Na2O9S4. The number of hydrogen-bond donors (Lipinski definition) is 2. The third-order valence-electron chi connectivity index (χ3n) is 1.40. The van der Waals surface area contributed by atoms with E-state index in [1.165, 1.54) is 0 Å². The molecule has 0 fully saturated rings. The van der Waals surface area contributed by atoms with Crippen molar-refractivity contribution in [1.82, 2.24) is 0 Å². The smallest absolute Gasteiger partial charge is 0.748 e. The van der Waals surface area contributed by atoms with Crippen LogP contribution >= 0.6 is 21.6 Å². The number of aliphatic hydroxyl groups excluding tert-OH is 2. The number of hydrogen-bond acceptors (Lipinski definition) is 10. The zero-order chi connectivity index (χ0) is 14.4. The third-order valence-corrected chi connectivity index (χ3v) is 5.51. The molecule has 0 aromatic carbocycles. The van der Waals surface area contributed by atoms with E-state index in [1.807, 2.05) is 0 Å². The van der Waals surface area contributed by atoms with Crippen molar-refractivity contribution in [1.29, 1.82) is 0 Å². The topological polar surface area (TPSA) is 186 Å². The molecule has 0 rings (SSSR count). The van der Waals surface area contributed by atoms with Crippen molar-refractivity contribution in [2.45, 2.75) is 12.2 Å². The Kier molecular flexibility index (Phi) is 21.9. The zero-order valence-electron chi connectivity index (χ0n) is 11.5. The van der Waals surface area contributed by atoms with Crippen molar-refractivity contribution >= 4 is 41.8 Å². The maximum Gasteiger partial charge on any atom is 1.00 e. The van der Waals surface area contributed by atoms with Crippen molar-refractivity contribution < 1.29 is 101 Å². The van der Waals surface area contributed by atoms with Gasteiger partial charge in [-0.2, -0.15) is 0 Å². The van der Waals surface area contributed by atoms with Gasteiger partial charge in [0.25, 0.3) is 0 Å². The zero-order valence-corrected chi connectivity index (χ0v) is 18.7. The summed E-state index contributed by atoms with van der Waals surface area (Å²) in [6.45, 7) is 0. The molecule has 15 heteroatoms. The van der Waals surface area contributed by atoms with Gasteiger partial charge < -0.3 is 24.8 Å². The summed E-state index contributed by atoms with van der Waals surface area (Å²) in [5.74, 6) is -1.94. The van der Waals surface area contributed by atoms with Crippen molar-refractivity contribution in [3.63, 3.8) is 0 Å². The maximum atomic E-state index is 10.3. The average Bonchev–Trinajstić information content (AvgIpc) is 2.06. The van der Waals surface area contributed by atoms with E-state index in [0.29, 0.717) is 0 Å². The molecule has 0 aromatic rings. The molecule has 4 N–H and O–H groups in total. The predicted octanol–water partition coefficient (Wildman–Crippen LogP) is -8.64. The molecule has 0 bridgehead atoms. The summed E-state index contributed by atoms with van der Waals surface area (Å²) < 4.78 is 61.6. The van der Waals surface area contributed by atoms with Crippen LogP contribution in [0.4, 0.5) is 0 Å². The van der Waals surface area contributed by atoms with Crippen LogP contribution in [-0.2, 0) is 20.2 Å². The van der Waals surface area contributed by atoms with Crippen LogP contribution in [0, 0.1) is 0 Å². The molecule has 0 heterocycles. The van der Waals surface area contributed by atoms with Gasteiger partial charge in [-0.15, -0.1) is 0 Å². The van der Waals surface area contributed by atoms with Crippen molar-refractivity contribution in [2.75, 3.05) is 23.0 Å². The van der Waals surface area contributed by atoms with Crippen LogP contribution < -0.4 is 59.1 Å². The number of rotatable bonds is 9. The van der Waals surface area contributed by atoms with Gasteiger partial charge in [-0.25, -0.2) is 16.8 Å². The summed E-state index contributed by atoms with van der Waals surface area (Å²) in [6.07, 6.45) is -2.66. The molecule has 118 valence electrons. The van der Waals surface area contributed by atoms with Gasteiger partial charge in [0.1, 0.15) is 0 Å². The van der Waals surface area contributed by atoms with E-state index >= 15 is 0 Å². The summed E-state index contributed by atoms with van der Waals surface area (Å²) in [7, 11) is -7.06. The molecule has 2 unspecified atom stereocenters. The Morgan fingerprint density at radius 1 is 0.810 bits per heavy atom. The Morgan fingerprint density at radius 2 is 1.05 bits per heavy atom. The first kappa shape index (κ1) is 31.2. The Bertz CT molecular complexity index is 397. The van der Waals surface area contributed by atoms with Crippen molar-refractivity contribution in [3.8, 4) is 0 Å². The monoisotopic (exact) mass is 404 g/mol. The van der Waals surface area contributed by atoms with E-state index in [1.54, 1.807) is 0 Å². The van der Waals surface area contributed by atoms with Gasteiger partial charge >= 0.3 is 59.1 Å². The second kappa shape index (κ2) is 14.7. The SMILES string of the molecule is O.O=S(=O)([O-])CC(O)CSSCC(O)CS(=O)(=O)[O-].[Na+].[Na+]. The van der Waals surface area contributed by atoms with Gasteiger partial charge in [0.05, 0.1) is 43.9 Å². The molecule has 0 aliphatic heterocycles. The van der Waals surface area contributed by atoms with Gasteiger partial charge in [0, 0.05) is 11.5 Å². The first-order valence-corrected chi connectivity index (χ1v) is 10.1. The Labute approximate surface area is 175 Å². The van der Waals surface area contributed by atoms with Crippen LogP contribution in [0.2, 0.25) is 0 Å². The standard InChI is InChI=1S/C6H14O8S4.2Na.H2O/c7-5(3-17(9,10)11)1-15-16-2-6(8)4-18(12,13)14;;;/h5-8H,1-4H2,(H,9,10,11)(H,12,13,14);;;1H2/q;2*+1;/p-2. The molecule has 0 radical (unpaired) electrons. The van der Waals surface area contributed by atoms with Crippen molar-refractivity contribution in [2.24, 2.45) is 0 Å². The summed E-state index contributed by atoms with van der Waals surface area (Å²) in [5, 5.41) is 18.2. The minimum Gasteiger partial charge on any atom is -0.748 e. The van der Waals surface area contributed by atoms with Gasteiger partial charge in [-0.3, -0.25) is 0 Å². The Morgan fingerprint density at radius 3 is 1.24 bits per heavy atom. The minimum absolute atomic E-state index is 0. The molecule has 0 aromatic heterocycles. The first-order valence-electron chi connectivity index (χ1n) is 4.47. The van der Waals surface area contributed by atoms with Gasteiger partial charge in [0.2, 0.25) is 0 Å². The fourth-order valence-electron chi connectivity index (χ4n) is 0.821. The maximum absolute atomic E-state index is 10.3. The predicted molar refractivity (Wildman–Crippen MR) is 69.7 cm³/mol. The van der Waals surface area contributed by atoms with Crippen LogP contribution in [0.3, 0.4) is 0 Å². The molecule has 0 aliphatic rings. The molecular weight excluding hydrogens is 390 g/mol. The summed E-state index contributed by atoms with van der Waals surface area (Å²) in [5.41, 5.74) is 0. The third kappa shape index (κ3) is 24.8. The largest absolute Gasteiger partial charge is 1.00 e. The van der Waals surface area contributed by atoms with Crippen LogP contribution in [0.5, 0.6) is 0 Å². The Hall–Kier alpha value is 2.40. The van der Waals surface area contributed by atoms with E-state index < -0.39 is 43.9 Å². The second-order valence-corrected chi connectivity index (χ2v) is 8.78. The van der Waals surface area contributed by atoms with Crippen LogP contribution in [0.15, 0.2) is 0 Å². The molecule has 0 amide bonds. The fourth-order valence-corrected chi connectivity index (χ4v) is 4.56. The molecule has 0 saturated carbocycles. The summed E-state index contributed by atoms with van der Waals surface area (Å²) >= 11 is 0. The van der Waals surface area contributed by atoms with Crippen LogP contribution in [0.25, 0.3) is 0 Å². The average molecular weight is 404 g/mol. The second-order valence-electron chi connectivity index (χ2n) is 3.33. The molecule has 9 nitrogen and oxygen atoms in total.